The van der Waals surface area contributed by atoms with E-state index in [4.69, 9.17) is 4.74 Å². The van der Waals surface area contributed by atoms with Crippen LogP contribution in [0.15, 0.2) is 18.2 Å². The molecule has 0 aliphatic heterocycles. The number of methoxy groups -OCH3 is 1. The fraction of sp³-hybridized carbons (Fsp3) is 0.533. The lowest BCUT2D eigenvalue weighted by Crippen LogP contribution is -2.23. The number of carbonyl (C=O) groups is 1. The van der Waals surface area contributed by atoms with Crippen LogP contribution in [0.5, 0.6) is 5.75 Å². The molecule has 0 saturated carbocycles. The van der Waals surface area contributed by atoms with Crippen molar-refractivity contribution in [3.8, 4) is 5.75 Å². The van der Waals surface area contributed by atoms with Gasteiger partial charge in [-0.05, 0) is 38.1 Å². The zero-order valence-corrected chi connectivity index (χ0v) is 12.0. The van der Waals surface area contributed by atoms with Gasteiger partial charge in [0.2, 0.25) is 0 Å². The van der Waals surface area contributed by atoms with E-state index in [1.807, 2.05) is 18.2 Å². The van der Waals surface area contributed by atoms with Gasteiger partial charge >= 0.3 is 0 Å². The first-order valence-electron chi connectivity index (χ1n) is 6.30. The van der Waals surface area contributed by atoms with Crippen LogP contribution in [0.4, 0.5) is 0 Å². The van der Waals surface area contributed by atoms with E-state index in [2.05, 4.69) is 25.8 Å². The summed E-state index contributed by atoms with van der Waals surface area (Å²) in [4.78, 5) is 13.6. The summed E-state index contributed by atoms with van der Waals surface area (Å²) in [5, 5.41) is 0. The third kappa shape index (κ3) is 4.15. The molecule has 0 N–H and O–H groups in total. The second-order valence-electron chi connectivity index (χ2n) is 5.17. The van der Waals surface area contributed by atoms with Crippen LogP contribution in [0.1, 0.15) is 36.7 Å². The Hall–Kier alpha value is -1.35. The van der Waals surface area contributed by atoms with Crippen LogP contribution in [-0.2, 0) is 6.54 Å². The van der Waals surface area contributed by atoms with E-state index in [1.54, 1.807) is 14.0 Å². The largest absolute Gasteiger partial charge is 0.496 e. The number of rotatable bonds is 6. The Kier molecular flexibility index (Phi) is 5.35. The third-order valence-electron chi connectivity index (χ3n) is 2.80. The topological polar surface area (TPSA) is 29.5 Å². The van der Waals surface area contributed by atoms with Gasteiger partial charge in [0.15, 0.2) is 5.78 Å². The number of hydrogen-bond donors (Lipinski definition) is 0. The predicted octanol–water partition coefficient (Wildman–Crippen LogP) is 2.99. The van der Waals surface area contributed by atoms with Crippen LogP contribution in [0.3, 0.4) is 0 Å². The highest BCUT2D eigenvalue weighted by atomic mass is 16.5. The molecule has 1 rings (SSSR count). The van der Waals surface area contributed by atoms with E-state index >= 15 is 0 Å². The predicted molar refractivity (Wildman–Crippen MR) is 74.2 cm³/mol. The average Bonchev–Trinajstić information content (AvgIpc) is 2.27. The summed E-state index contributed by atoms with van der Waals surface area (Å²) < 4.78 is 5.35. The van der Waals surface area contributed by atoms with Gasteiger partial charge < -0.3 is 9.64 Å². The number of carbonyl (C=O) groups excluding carboxylic acids is 1. The normalized spacial score (nSPS) is 11.1. The van der Waals surface area contributed by atoms with E-state index in [0.717, 1.165) is 30.0 Å². The SMILES string of the molecule is COc1ccc(C(C)=O)cc1CN(C)CC(C)C. The van der Waals surface area contributed by atoms with Crippen molar-refractivity contribution in [3.05, 3.63) is 29.3 Å². The minimum Gasteiger partial charge on any atom is -0.496 e. The van der Waals surface area contributed by atoms with Crippen molar-refractivity contribution in [1.29, 1.82) is 0 Å². The van der Waals surface area contributed by atoms with E-state index in [0.29, 0.717) is 5.92 Å². The first-order valence-corrected chi connectivity index (χ1v) is 6.30. The summed E-state index contributed by atoms with van der Waals surface area (Å²) in [7, 11) is 3.74. The summed E-state index contributed by atoms with van der Waals surface area (Å²) in [6, 6.07) is 5.61. The maximum Gasteiger partial charge on any atom is 0.159 e. The van der Waals surface area contributed by atoms with Crippen LogP contribution in [0.2, 0.25) is 0 Å². The summed E-state index contributed by atoms with van der Waals surface area (Å²) >= 11 is 0. The fourth-order valence-corrected chi connectivity index (χ4v) is 2.10. The molecule has 0 aromatic heterocycles. The van der Waals surface area contributed by atoms with Gasteiger partial charge in [0, 0.05) is 24.2 Å². The number of hydrogen-bond acceptors (Lipinski definition) is 3. The lowest BCUT2D eigenvalue weighted by molar-refractivity contribution is 0.101. The number of nitrogens with zero attached hydrogens (tertiary/aromatic N) is 1. The van der Waals surface area contributed by atoms with Crippen LogP contribution < -0.4 is 4.74 Å². The van der Waals surface area contributed by atoms with Gasteiger partial charge in [0.25, 0.3) is 0 Å². The minimum atomic E-state index is 0.0883. The van der Waals surface area contributed by atoms with Crippen molar-refractivity contribution in [2.24, 2.45) is 5.92 Å². The van der Waals surface area contributed by atoms with Gasteiger partial charge in [-0.3, -0.25) is 4.79 Å². The van der Waals surface area contributed by atoms with Crippen molar-refractivity contribution in [3.63, 3.8) is 0 Å². The number of Topliss-reactive ketones (excluding diaryl/α,β-unsaturated/α-hetero) is 1. The Bertz CT molecular complexity index is 413. The van der Waals surface area contributed by atoms with Crippen LogP contribution >= 0.6 is 0 Å². The third-order valence-corrected chi connectivity index (χ3v) is 2.80. The molecule has 3 heteroatoms. The Morgan fingerprint density at radius 1 is 1.39 bits per heavy atom. The molecule has 1 aromatic carbocycles. The molecule has 0 amide bonds. The smallest absolute Gasteiger partial charge is 0.159 e. The molecular weight excluding hydrogens is 226 g/mol. The summed E-state index contributed by atoms with van der Waals surface area (Å²) in [5.41, 5.74) is 1.80. The average molecular weight is 249 g/mol. The number of benzene rings is 1. The van der Waals surface area contributed by atoms with Crippen LogP contribution in [-0.4, -0.2) is 31.4 Å². The van der Waals surface area contributed by atoms with Gasteiger partial charge in [-0.1, -0.05) is 13.8 Å². The van der Waals surface area contributed by atoms with Gasteiger partial charge in [-0.2, -0.15) is 0 Å². The van der Waals surface area contributed by atoms with Gasteiger partial charge in [0.05, 0.1) is 7.11 Å². The second-order valence-corrected chi connectivity index (χ2v) is 5.17. The maximum absolute atomic E-state index is 11.4. The monoisotopic (exact) mass is 249 g/mol. The standard InChI is InChI=1S/C15H23NO2/c1-11(2)9-16(4)10-14-8-13(12(3)17)6-7-15(14)18-5/h6-8,11H,9-10H2,1-5H3. The molecule has 100 valence electrons. The quantitative estimate of drug-likeness (QED) is 0.726. The molecule has 1 aromatic rings. The lowest BCUT2D eigenvalue weighted by atomic mass is 10.1. The fourth-order valence-electron chi connectivity index (χ4n) is 2.10. The Morgan fingerprint density at radius 3 is 2.56 bits per heavy atom. The number of ether oxygens (including phenoxy) is 1. The van der Waals surface area contributed by atoms with E-state index in [9.17, 15) is 4.79 Å². The first-order chi connectivity index (χ1) is 8.43. The molecule has 0 aliphatic carbocycles. The highest BCUT2D eigenvalue weighted by molar-refractivity contribution is 5.94. The highest BCUT2D eigenvalue weighted by Gasteiger charge is 2.10. The molecular formula is C15H23NO2. The molecule has 0 radical (unpaired) electrons. The second kappa shape index (κ2) is 6.55. The minimum absolute atomic E-state index is 0.0883. The Morgan fingerprint density at radius 2 is 2.06 bits per heavy atom. The van der Waals surface area contributed by atoms with Gasteiger partial charge in [-0.25, -0.2) is 0 Å². The van der Waals surface area contributed by atoms with Crippen LogP contribution in [0.25, 0.3) is 0 Å². The van der Waals surface area contributed by atoms with Gasteiger partial charge in [0.1, 0.15) is 5.75 Å². The summed E-state index contributed by atoms with van der Waals surface area (Å²) in [5.74, 6) is 1.55. The van der Waals surface area contributed by atoms with Crippen molar-refractivity contribution in [2.45, 2.75) is 27.3 Å². The molecule has 0 saturated heterocycles. The van der Waals surface area contributed by atoms with Crippen LogP contribution in [0, 0.1) is 5.92 Å². The van der Waals surface area contributed by atoms with Crippen molar-refractivity contribution in [1.82, 2.24) is 4.90 Å². The maximum atomic E-state index is 11.4. The van der Waals surface area contributed by atoms with E-state index in [-0.39, 0.29) is 5.78 Å². The molecule has 3 nitrogen and oxygen atoms in total. The Balaban J connectivity index is 2.90. The number of ketones is 1. The highest BCUT2D eigenvalue weighted by Crippen LogP contribution is 2.21. The zero-order valence-electron chi connectivity index (χ0n) is 12.0. The molecule has 0 aliphatic rings. The molecule has 0 atom stereocenters. The lowest BCUT2D eigenvalue weighted by Gasteiger charge is -2.20. The van der Waals surface area contributed by atoms with Crippen molar-refractivity contribution in [2.75, 3.05) is 20.7 Å². The summed E-state index contributed by atoms with van der Waals surface area (Å²) in [6.07, 6.45) is 0. The molecule has 0 heterocycles. The van der Waals surface area contributed by atoms with Crippen molar-refractivity contribution >= 4 is 5.78 Å². The van der Waals surface area contributed by atoms with Gasteiger partial charge in [-0.15, -0.1) is 0 Å². The molecule has 0 fully saturated rings. The Labute approximate surface area is 110 Å². The molecule has 0 unspecified atom stereocenters. The first kappa shape index (κ1) is 14.7. The molecule has 0 bridgehead atoms. The van der Waals surface area contributed by atoms with E-state index < -0.39 is 0 Å². The van der Waals surface area contributed by atoms with Crippen molar-refractivity contribution < 1.29 is 9.53 Å². The zero-order chi connectivity index (χ0) is 13.7. The summed E-state index contributed by atoms with van der Waals surface area (Å²) in [6.45, 7) is 7.79. The molecule has 18 heavy (non-hydrogen) atoms. The molecule has 0 spiro atoms. The van der Waals surface area contributed by atoms with E-state index in [1.165, 1.54) is 0 Å².